The first-order valence-electron chi connectivity index (χ1n) is 21.5. The molecule has 19 nitrogen and oxygen atoms in total. The van der Waals surface area contributed by atoms with Crippen LogP contribution in [0.5, 0.6) is 0 Å². The third-order valence-corrected chi connectivity index (χ3v) is 7.62. The summed E-state index contributed by atoms with van der Waals surface area (Å²) in [5, 5.41) is 2.29. The lowest BCUT2D eigenvalue weighted by Crippen LogP contribution is -2.15. The maximum atomic E-state index is 12.0. The minimum Gasteiger partial charge on any atom is -0.379 e. The van der Waals surface area contributed by atoms with Crippen LogP contribution in [0.2, 0.25) is 0 Å². The lowest BCUT2D eigenvalue weighted by Gasteiger charge is -2.09. The van der Waals surface area contributed by atoms with E-state index in [1.165, 1.54) is 0 Å². The zero-order valence-electron chi connectivity index (χ0n) is 36.9. The molecule has 0 unspecified atom stereocenters. The SMILES string of the molecule is CC(=O)CCOCCOCCOCCOCCOCCOCCOCCOCCCC(=O)CCOCCOCCOCCOCCOCCOCCOCCOCCN=C=S. The Hall–Kier alpha value is -1.50. The van der Waals surface area contributed by atoms with Gasteiger partial charge in [-0.05, 0) is 25.6 Å². The van der Waals surface area contributed by atoms with E-state index in [0.29, 0.717) is 244 Å². The lowest BCUT2D eigenvalue weighted by molar-refractivity contribution is -0.120. The first kappa shape index (κ1) is 59.5. The summed E-state index contributed by atoms with van der Waals surface area (Å²) in [5.74, 6) is 0.269. The van der Waals surface area contributed by atoms with E-state index in [4.69, 9.17) is 75.8 Å². The van der Waals surface area contributed by atoms with Gasteiger partial charge in [0.2, 0.25) is 0 Å². The number of isothiocyanates is 1. The number of ether oxygens (including phenoxy) is 16. The average Bonchev–Trinajstić information content (AvgIpc) is 3.25. The van der Waals surface area contributed by atoms with Crippen LogP contribution in [0.1, 0.15) is 32.6 Å². The van der Waals surface area contributed by atoms with Crippen molar-refractivity contribution in [2.24, 2.45) is 4.99 Å². The molecule has 0 spiro atoms. The third kappa shape index (κ3) is 56.5. The number of ketones is 2. The van der Waals surface area contributed by atoms with Gasteiger partial charge in [-0.2, -0.15) is 0 Å². The van der Waals surface area contributed by atoms with Gasteiger partial charge >= 0.3 is 0 Å². The summed E-state index contributed by atoms with van der Waals surface area (Å²) in [4.78, 5) is 26.6. The van der Waals surface area contributed by atoms with Crippen LogP contribution in [0.15, 0.2) is 4.99 Å². The van der Waals surface area contributed by atoms with Crippen molar-refractivity contribution in [2.45, 2.75) is 32.6 Å². The third-order valence-electron chi connectivity index (χ3n) is 7.49. The molecule has 0 aliphatic carbocycles. The van der Waals surface area contributed by atoms with Gasteiger partial charge in [0, 0.05) is 25.9 Å². The predicted molar refractivity (Wildman–Crippen MR) is 227 cm³/mol. The number of hydrogen-bond acceptors (Lipinski definition) is 20. The van der Waals surface area contributed by atoms with Crippen molar-refractivity contribution in [3.63, 3.8) is 0 Å². The van der Waals surface area contributed by atoms with Crippen LogP contribution in [-0.4, -0.2) is 235 Å². The molecule has 0 amide bonds. The Balaban J connectivity index is 3.15. The summed E-state index contributed by atoms with van der Waals surface area (Å²) < 4.78 is 87.1. The number of nitrogens with zero attached hydrogens (tertiary/aromatic N) is 1. The van der Waals surface area contributed by atoms with Gasteiger partial charge < -0.3 is 75.8 Å². The number of carbonyl (C=O) groups is 2. The Labute approximate surface area is 369 Å². The van der Waals surface area contributed by atoms with E-state index >= 15 is 0 Å². The number of thiocarbonyl (C=S) groups is 1. The molecule has 0 aromatic carbocycles. The fourth-order valence-corrected chi connectivity index (χ4v) is 4.43. The molecule has 0 saturated carbocycles. The smallest absolute Gasteiger partial charge is 0.135 e. The molecule has 0 saturated heterocycles. The van der Waals surface area contributed by atoms with Crippen molar-refractivity contribution >= 4 is 28.9 Å². The summed E-state index contributed by atoms with van der Waals surface area (Å²) >= 11 is 4.48. The maximum absolute atomic E-state index is 12.0. The van der Waals surface area contributed by atoms with Crippen LogP contribution in [0.3, 0.4) is 0 Å². The molecular formula is C41H77NO18S. The monoisotopic (exact) mass is 903 g/mol. The number of hydrogen-bond donors (Lipinski definition) is 0. The highest BCUT2D eigenvalue weighted by Crippen LogP contribution is 1.98. The molecule has 0 fully saturated rings. The first-order chi connectivity index (χ1) is 30.2. The van der Waals surface area contributed by atoms with Crippen molar-refractivity contribution in [3.8, 4) is 0 Å². The molecule has 0 bridgehead atoms. The number of Topliss-reactive ketones (excluding diaryl/α,β-unsaturated/α-hetero) is 2. The second kappa shape index (κ2) is 54.6. The van der Waals surface area contributed by atoms with Crippen LogP contribution < -0.4 is 0 Å². The van der Waals surface area contributed by atoms with Gasteiger partial charge in [-0.15, -0.1) is 0 Å². The maximum Gasteiger partial charge on any atom is 0.135 e. The molecule has 0 radical (unpaired) electrons. The van der Waals surface area contributed by atoms with E-state index in [2.05, 4.69) is 22.4 Å². The van der Waals surface area contributed by atoms with E-state index in [0.717, 1.165) is 0 Å². The van der Waals surface area contributed by atoms with Crippen LogP contribution >= 0.6 is 12.2 Å². The van der Waals surface area contributed by atoms with E-state index in [9.17, 15) is 9.59 Å². The van der Waals surface area contributed by atoms with Gasteiger partial charge in [-0.1, -0.05) is 0 Å². The van der Waals surface area contributed by atoms with Crippen LogP contribution in [0.25, 0.3) is 0 Å². The van der Waals surface area contributed by atoms with Crippen LogP contribution in [0.4, 0.5) is 0 Å². The lowest BCUT2D eigenvalue weighted by atomic mass is 10.2. The van der Waals surface area contributed by atoms with Gasteiger partial charge in [0.15, 0.2) is 0 Å². The highest BCUT2D eigenvalue weighted by atomic mass is 32.1. The Morgan fingerprint density at radius 2 is 0.557 bits per heavy atom. The fourth-order valence-electron chi connectivity index (χ4n) is 4.34. The minimum atomic E-state index is 0.119. The molecule has 0 aliphatic heterocycles. The Kier molecular flexibility index (Phi) is 53.3. The molecule has 61 heavy (non-hydrogen) atoms. The number of carbonyl (C=O) groups excluding carboxylic acids is 2. The normalized spacial score (nSPS) is 11.4. The Bertz CT molecular complexity index is 953. The van der Waals surface area contributed by atoms with Crippen molar-refractivity contribution < 1.29 is 85.4 Å². The van der Waals surface area contributed by atoms with E-state index < -0.39 is 0 Å². The molecule has 0 rings (SSSR count). The molecule has 0 atom stereocenters. The van der Waals surface area contributed by atoms with Gasteiger partial charge in [0.25, 0.3) is 0 Å². The highest BCUT2D eigenvalue weighted by molar-refractivity contribution is 7.78. The van der Waals surface area contributed by atoms with Gasteiger partial charge in [0.05, 0.1) is 217 Å². The van der Waals surface area contributed by atoms with E-state index in [1.54, 1.807) is 6.92 Å². The van der Waals surface area contributed by atoms with E-state index in [1.807, 2.05) is 0 Å². The standard InChI is InChI=1S/C41H77NO18S/c1-40(43)4-8-46-12-16-50-20-24-54-28-32-58-36-35-57-31-27-53-23-19-49-15-11-45-7-2-3-41(44)5-9-47-13-17-51-21-25-55-29-33-59-37-38-60-34-30-56-26-22-52-18-14-48-10-6-42-39-61/h2-38H2,1H3. The summed E-state index contributed by atoms with van der Waals surface area (Å²) in [6.45, 7) is 17.3. The fraction of sp³-hybridized carbons (Fsp3) is 0.927. The average molecular weight is 904 g/mol. The Morgan fingerprint density at radius 3 is 0.820 bits per heavy atom. The summed E-state index contributed by atoms with van der Waals surface area (Å²) in [6.07, 6.45) is 1.93. The van der Waals surface area contributed by atoms with Gasteiger partial charge in [-0.25, -0.2) is 4.99 Å². The largest absolute Gasteiger partial charge is 0.379 e. The van der Waals surface area contributed by atoms with Crippen molar-refractivity contribution in [2.75, 3.05) is 218 Å². The highest BCUT2D eigenvalue weighted by Gasteiger charge is 2.03. The van der Waals surface area contributed by atoms with Crippen molar-refractivity contribution in [3.05, 3.63) is 0 Å². The quantitative estimate of drug-likeness (QED) is 0.0489. The molecule has 360 valence electrons. The topological polar surface area (TPSA) is 194 Å². The minimum absolute atomic E-state index is 0.119. The summed E-state index contributed by atoms with van der Waals surface area (Å²) in [5.41, 5.74) is 0. The van der Waals surface area contributed by atoms with Gasteiger partial charge in [0.1, 0.15) is 11.6 Å². The second-order valence-electron chi connectivity index (χ2n) is 12.6. The summed E-state index contributed by atoms with van der Waals surface area (Å²) in [6, 6.07) is 0. The van der Waals surface area contributed by atoms with Crippen molar-refractivity contribution in [1.82, 2.24) is 0 Å². The van der Waals surface area contributed by atoms with Crippen LogP contribution in [0, 0.1) is 0 Å². The zero-order valence-corrected chi connectivity index (χ0v) is 37.7. The Morgan fingerprint density at radius 1 is 0.328 bits per heavy atom. The molecule has 0 aromatic heterocycles. The molecule has 0 aliphatic rings. The number of aliphatic imine (C=N–C) groups is 1. The van der Waals surface area contributed by atoms with Crippen molar-refractivity contribution in [1.29, 1.82) is 0 Å². The zero-order chi connectivity index (χ0) is 44.0. The van der Waals surface area contributed by atoms with E-state index in [-0.39, 0.29) is 11.6 Å². The van der Waals surface area contributed by atoms with Crippen LogP contribution in [-0.2, 0) is 85.4 Å². The molecule has 0 heterocycles. The molecule has 0 N–H and O–H groups in total. The molecule has 20 heteroatoms. The second-order valence-corrected chi connectivity index (χ2v) is 12.8. The first-order valence-corrected chi connectivity index (χ1v) is 21.9. The molecule has 0 aromatic rings. The number of rotatable bonds is 55. The summed E-state index contributed by atoms with van der Waals surface area (Å²) in [7, 11) is 0. The predicted octanol–water partition coefficient (Wildman–Crippen LogP) is 2.07. The van der Waals surface area contributed by atoms with Gasteiger partial charge in [-0.3, -0.25) is 9.59 Å². The molecular weight excluding hydrogens is 827 g/mol.